The van der Waals surface area contributed by atoms with E-state index in [1.807, 2.05) is 6.33 Å². The van der Waals surface area contributed by atoms with Crippen LogP contribution in [0.2, 0.25) is 0 Å². The van der Waals surface area contributed by atoms with E-state index in [2.05, 4.69) is 75.1 Å². The lowest BCUT2D eigenvalue weighted by Crippen LogP contribution is -2.33. The van der Waals surface area contributed by atoms with Crippen molar-refractivity contribution in [2.24, 2.45) is 5.73 Å². The molecule has 7 nitrogen and oxygen atoms in total. The highest BCUT2D eigenvalue weighted by molar-refractivity contribution is 7.08. The number of rotatable bonds is 8. The van der Waals surface area contributed by atoms with Gasteiger partial charge in [0.15, 0.2) is 17.0 Å². The number of hydrogen-bond acceptors (Lipinski definition) is 7. The van der Waals surface area contributed by atoms with Gasteiger partial charge in [0.2, 0.25) is 5.95 Å². The molecule has 34 heavy (non-hydrogen) atoms. The quantitative estimate of drug-likeness (QED) is 0.313. The first kappa shape index (κ1) is 22.8. The van der Waals surface area contributed by atoms with Crippen LogP contribution in [0.25, 0.3) is 22.3 Å². The van der Waals surface area contributed by atoms with E-state index < -0.39 is 0 Å². The summed E-state index contributed by atoms with van der Waals surface area (Å²) in [6.07, 6.45) is 6.96. The average molecular weight is 476 g/mol. The normalized spacial score (nSPS) is 18.5. The van der Waals surface area contributed by atoms with Gasteiger partial charge in [-0.05, 0) is 79.5 Å². The highest BCUT2D eigenvalue weighted by Gasteiger charge is 2.21. The Labute approximate surface area is 204 Å². The number of fused-ring (bicyclic) bond motifs is 1. The predicted molar refractivity (Wildman–Crippen MR) is 142 cm³/mol. The first-order valence-electron chi connectivity index (χ1n) is 12.2. The molecule has 1 fully saturated rings. The van der Waals surface area contributed by atoms with Crippen molar-refractivity contribution in [3.8, 4) is 11.1 Å². The van der Waals surface area contributed by atoms with Crippen molar-refractivity contribution in [3.63, 3.8) is 0 Å². The third-order valence-electron chi connectivity index (χ3n) is 6.60. The second-order valence-electron chi connectivity index (χ2n) is 9.46. The molecular formula is C26H33N7S. The zero-order valence-electron chi connectivity index (χ0n) is 19.9. The highest BCUT2D eigenvalue weighted by Crippen LogP contribution is 2.26. The van der Waals surface area contributed by atoms with Gasteiger partial charge in [-0.3, -0.25) is 0 Å². The zero-order chi connectivity index (χ0) is 23.5. The van der Waals surface area contributed by atoms with E-state index in [1.165, 1.54) is 16.7 Å². The van der Waals surface area contributed by atoms with E-state index in [4.69, 9.17) is 15.7 Å². The maximum Gasteiger partial charge on any atom is 0.227 e. The van der Waals surface area contributed by atoms with Crippen molar-refractivity contribution in [1.29, 1.82) is 0 Å². The monoisotopic (exact) mass is 475 g/mol. The number of hydrogen-bond donors (Lipinski definition) is 3. The molecule has 0 spiro atoms. The Bertz CT molecular complexity index is 1210. The number of imidazole rings is 1. The van der Waals surface area contributed by atoms with Crippen LogP contribution in [-0.2, 0) is 6.42 Å². The third kappa shape index (κ3) is 5.08. The van der Waals surface area contributed by atoms with Crippen LogP contribution >= 0.6 is 11.3 Å². The molecule has 8 heteroatoms. The molecule has 0 radical (unpaired) electrons. The van der Waals surface area contributed by atoms with Crippen molar-refractivity contribution in [2.75, 3.05) is 17.2 Å². The van der Waals surface area contributed by atoms with Crippen LogP contribution in [-0.4, -0.2) is 38.1 Å². The molecule has 3 heterocycles. The van der Waals surface area contributed by atoms with Crippen molar-refractivity contribution >= 4 is 34.3 Å². The molecule has 1 aliphatic carbocycles. The smallest absolute Gasteiger partial charge is 0.227 e. The fraction of sp³-hybridized carbons (Fsp3) is 0.423. The molecule has 4 N–H and O–H groups in total. The Morgan fingerprint density at radius 3 is 2.56 bits per heavy atom. The number of benzene rings is 1. The van der Waals surface area contributed by atoms with Gasteiger partial charge in [0.05, 0.1) is 6.33 Å². The maximum atomic E-state index is 6.08. The summed E-state index contributed by atoms with van der Waals surface area (Å²) in [5.74, 6) is 1.45. The van der Waals surface area contributed by atoms with Crippen LogP contribution in [0, 0.1) is 0 Å². The number of thiophene rings is 1. The van der Waals surface area contributed by atoms with E-state index in [9.17, 15) is 0 Å². The Hall–Kier alpha value is -2.97. The molecular weight excluding hydrogens is 442 g/mol. The van der Waals surface area contributed by atoms with Gasteiger partial charge in [-0.1, -0.05) is 24.3 Å². The fourth-order valence-electron chi connectivity index (χ4n) is 4.55. The first-order valence-corrected chi connectivity index (χ1v) is 13.1. The summed E-state index contributed by atoms with van der Waals surface area (Å²) in [6, 6.07) is 11.9. The van der Waals surface area contributed by atoms with E-state index in [1.54, 1.807) is 11.3 Å². The number of nitrogens with two attached hydrogens (primary N) is 1. The third-order valence-corrected chi connectivity index (χ3v) is 7.28. The average Bonchev–Trinajstić information content (AvgIpc) is 3.52. The number of aromatic nitrogens is 4. The Balaban J connectivity index is 1.31. The van der Waals surface area contributed by atoms with Crippen LogP contribution < -0.4 is 16.4 Å². The summed E-state index contributed by atoms with van der Waals surface area (Å²) in [5.41, 5.74) is 11.6. The molecule has 0 saturated heterocycles. The summed E-state index contributed by atoms with van der Waals surface area (Å²) >= 11 is 1.73. The van der Waals surface area contributed by atoms with E-state index in [-0.39, 0.29) is 6.04 Å². The second kappa shape index (κ2) is 10.1. The fourth-order valence-corrected chi connectivity index (χ4v) is 5.21. The molecule has 1 aliphatic rings. The molecule has 0 bridgehead atoms. The summed E-state index contributed by atoms with van der Waals surface area (Å²) in [7, 11) is 0. The summed E-state index contributed by atoms with van der Waals surface area (Å²) in [5, 5.41) is 11.4. The second-order valence-corrected chi connectivity index (χ2v) is 10.2. The lowest BCUT2D eigenvalue weighted by molar-refractivity contribution is 0.410. The standard InChI is InChI=1S/C26H33N7S/c1-17(2)33-16-29-23-24(31-26(32-25(23)33)30-22-9-7-21(27)8-10-22)28-13-11-18-3-5-19(6-4-18)20-12-14-34-15-20/h3-6,12,14-17,21-22H,7-11,13,27H2,1-2H3,(H2,28,30,31,32). The van der Waals surface area contributed by atoms with Crippen molar-refractivity contribution < 1.29 is 0 Å². The van der Waals surface area contributed by atoms with Gasteiger partial charge in [0.25, 0.3) is 0 Å². The Morgan fingerprint density at radius 1 is 1.06 bits per heavy atom. The summed E-state index contributed by atoms with van der Waals surface area (Å²) < 4.78 is 2.10. The minimum atomic E-state index is 0.273. The molecule has 1 aromatic carbocycles. The highest BCUT2D eigenvalue weighted by atomic mass is 32.1. The summed E-state index contributed by atoms with van der Waals surface area (Å²) in [4.78, 5) is 14.3. The van der Waals surface area contributed by atoms with Crippen LogP contribution in [0.15, 0.2) is 47.4 Å². The molecule has 0 amide bonds. The van der Waals surface area contributed by atoms with Crippen LogP contribution in [0.5, 0.6) is 0 Å². The molecule has 4 aromatic rings. The minimum absolute atomic E-state index is 0.273. The van der Waals surface area contributed by atoms with Gasteiger partial charge in [0.1, 0.15) is 0 Å². The minimum Gasteiger partial charge on any atom is -0.368 e. The number of nitrogens with zero attached hydrogens (tertiary/aromatic N) is 4. The lowest BCUT2D eigenvalue weighted by Gasteiger charge is -2.27. The van der Waals surface area contributed by atoms with E-state index in [0.717, 1.165) is 55.6 Å². The van der Waals surface area contributed by atoms with Gasteiger partial charge in [-0.2, -0.15) is 21.3 Å². The number of anilines is 2. The molecule has 5 rings (SSSR count). The van der Waals surface area contributed by atoms with Crippen LogP contribution in [0.1, 0.15) is 51.1 Å². The molecule has 0 unspecified atom stereocenters. The summed E-state index contributed by atoms with van der Waals surface area (Å²) in [6.45, 7) is 5.06. The van der Waals surface area contributed by atoms with Gasteiger partial charge in [-0.15, -0.1) is 0 Å². The van der Waals surface area contributed by atoms with Crippen molar-refractivity contribution in [1.82, 2.24) is 19.5 Å². The SMILES string of the molecule is CC(C)n1cnc2c(NCCc3ccc(-c4ccsc4)cc3)nc(NC3CCC(N)CC3)nc21. The van der Waals surface area contributed by atoms with E-state index >= 15 is 0 Å². The first-order chi connectivity index (χ1) is 16.6. The van der Waals surface area contributed by atoms with Crippen LogP contribution in [0.4, 0.5) is 11.8 Å². The topological polar surface area (TPSA) is 93.7 Å². The molecule has 3 aromatic heterocycles. The van der Waals surface area contributed by atoms with Gasteiger partial charge >= 0.3 is 0 Å². The zero-order valence-corrected chi connectivity index (χ0v) is 20.7. The Morgan fingerprint density at radius 2 is 1.85 bits per heavy atom. The largest absolute Gasteiger partial charge is 0.368 e. The van der Waals surface area contributed by atoms with E-state index in [0.29, 0.717) is 18.0 Å². The predicted octanol–water partition coefficient (Wildman–Crippen LogP) is 5.47. The molecule has 0 atom stereocenters. The van der Waals surface area contributed by atoms with Crippen LogP contribution in [0.3, 0.4) is 0 Å². The van der Waals surface area contributed by atoms with Gasteiger partial charge in [0, 0.05) is 24.7 Å². The Kier molecular flexibility index (Phi) is 6.78. The molecule has 178 valence electrons. The van der Waals surface area contributed by atoms with Crippen molar-refractivity contribution in [3.05, 3.63) is 53.0 Å². The number of nitrogens with one attached hydrogen (secondary N) is 2. The lowest BCUT2D eigenvalue weighted by atomic mass is 9.92. The van der Waals surface area contributed by atoms with Gasteiger partial charge < -0.3 is 20.9 Å². The van der Waals surface area contributed by atoms with Gasteiger partial charge in [-0.25, -0.2) is 4.98 Å². The molecule has 1 saturated carbocycles. The van der Waals surface area contributed by atoms with Crippen molar-refractivity contribution in [2.45, 2.75) is 64.1 Å². The molecule has 0 aliphatic heterocycles. The maximum absolute atomic E-state index is 6.08.